The molecule has 2 fully saturated rings. The third-order valence-corrected chi connectivity index (χ3v) is 9.31. The van der Waals surface area contributed by atoms with E-state index in [1.54, 1.807) is 57.6 Å². The quantitative estimate of drug-likeness (QED) is 0.556. The van der Waals surface area contributed by atoms with Crippen LogP contribution in [0.3, 0.4) is 0 Å². The van der Waals surface area contributed by atoms with Crippen LogP contribution in [0, 0.1) is 0 Å². The van der Waals surface area contributed by atoms with Gasteiger partial charge in [-0.15, -0.1) is 23.5 Å². The molecular weight excluding hydrogens is 494 g/mol. The number of carbonyl (C=O) groups excluding carboxylic acids is 4. The van der Waals surface area contributed by atoms with E-state index in [9.17, 15) is 19.2 Å². The van der Waals surface area contributed by atoms with E-state index in [1.807, 2.05) is 24.3 Å². The Morgan fingerprint density at radius 1 is 0.833 bits per heavy atom. The average Bonchev–Trinajstić information content (AvgIpc) is 3.70. The van der Waals surface area contributed by atoms with E-state index in [2.05, 4.69) is 16.1 Å². The number of nitrogens with zero attached hydrogens (tertiary/aromatic N) is 2. The van der Waals surface area contributed by atoms with Gasteiger partial charge in [0, 0.05) is 29.9 Å². The largest absolute Gasteiger partial charge is 0.329 e. The molecule has 5 rings (SSSR count). The highest BCUT2D eigenvalue weighted by molar-refractivity contribution is 8.21. The van der Waals surface area contributed by atoms with E-state index in [0.717, 1.165) is 19.1 Å². The number of hydrogen-bond donors (Lipinski definition) is 1. The van der Waals surface area contributed by atoms with Gasteiger partial charge in [-0.05, 0) is 66.3 Å². The number of nitrogens with one attached hydrogen (secondary N) is 1. The van der Waals surface area contributed by atoms with Gasteiger partial charge in [0.05, 0.1) is 4.58 Å². The summed E-state index contributed by atoms with van der Waals surface area (Å²) in [7, 11) is 0. The zero-order valence-electron chi connectivity index (χ0n) is 19.7. The Hall–Kier alpha value is -3.04. The highest BCUT2D eigenvalue weighted by Gasteiger charge is 2.42. The summed E-state index contributed by atoms with van der Waals surface area (Å²) in [5, 5.41) is 7.14. The van der Waals surface area contributed by atoms with Crippen LogP contribution in [0.2, 0.25) is 0 Å². The molecule has 0 unspecified atom stereocenters. The molecule has 0 bridgehead atoms. The van der Waals surface area contributed by atoms with Crippen LogP contribution in [0.4, 0.5) is 5.69 Å². The van der Waals surface area contributed by atoms with Gasteiger partial charge in [-0.3, -0.25) is 19.2 Å². The average molecular weight is 522 g/mol. The maximum atomic E-state index is 13.5. The Morgan fingerprint density at radius 2 is 1.47 bits per heavy atom. The zero-order chi connectivity index (χ0) is 25.1. The SMILES string of the molecule is O=Cc1ccc(C(=O)N2CCC[C@H]2C(=O)N2CCC[C@H]2C(=O)Nc2ccc(C3SC=CS3)cc2)cc1. The van der Waals surface area contributed by atoms with Crippen molar-refractivity contribution in [2.24, 2.45) is 0 Å². The number of anilines is 1. The molecule has 2 aromatic rings. The molecule has 1 N–H and O–H groups in total. The van der Waals surface area contributed by atoms with Crippen LogP contribution < -0.4 is 5.32 Å². The van der Waals surface area contributed by atoms with E-state index in [0.29, 0.717) is 47.3 Å². The number of hydrogen-bond acceptors (Lipinski definition) is 6. The summed E-state index contributed by atoms with van der Waals surface area (Å²) in [4.78, 5) is 54.0. The Labute approximate surface area is 218 Å². The molecule has 3 aliphatic heterocycles. The minimum atomic E-state index is -0.578. The van der Waals surface area contributed by atoms with Crippen molar-refractivity contribution >= 4 is 53.2 Å². The molecule has 0 saturated carbocycles. The summed E-state index contributed by atoms with van der Waals surface area (Å²) in [6.07, 6.45) is 3.40. The number of likely N-dealkylation sites (tertiary alicyclic amines) is 2. The molecule has 186 valence electrons. The number of aldehydes is 1. The minimum Gasteiger partial charge on any atom is -0.329 e. The van der Waals surface area contributed by atoms with Crippen molar-refractivity contribution in [2.75, 3.05) is 18.4 Å². The van der Waals surface area contributed by atoms with Gasteiger partial charge in [-0.25, -0.2) is 0 Å². The molecule has 0 radical (unpaired) electrons. The Morgan fingerprint density at radius 3 is 2.14 bits per heavy atom. The summed E-state index contributed by atoms with van der Waals surface area (Å²) in [6, 6.07) is 13.2. The molecule has 0 spiro atoms. The van der Waals surface area contributed by atoms with Gasteiger partial charge in [0.2, 0.25) is 11.8 Å². The van der Waals surface area contributed by atoms with Gasteiger partial charge < -0.3 is 15.1 Å². The maximum Gasteiger partial charge on any atom is 0.254 e. The van der Waals surface area contributed by atoms with E-state index >= 15 is 0 Å². The summed E-state index contributed by atoms with van der Waals surface area (Å²) in [5.74, 6) is -0.585. The molecule has 0 aliphatic carbocycles. The lowest BCUT2D eigenvalue weighted by Gasteiger charge is -2.31. The van der Waals surface area contributed by atoms with Crippen molar-refractivity contribution in [3.63, 3.8) is 0 Å². The number of amides is 3. The zero-order valence-corrected chi connectivity index (χ0v) is 21.3. The first-order valence-electron chi connectivity index (χ1n) is 12.1. The van der Waals surface area contributed by atoms with Crippen LogP contribution in [0.1, 0.15) is 56.5 Å². The van der Waals surface area contributed by atoms with Crippen molar-refractivity contribution < 1.29 is 19.2 Å². The summed E-state index contributed by atoms with van der Waals surface area (Å²) in [6.45, 7) is 1.00. The smallest absolute Gasteiger partial charge is 0.254 e. The first-order valence-corrected chi connectivity index (χ1v) is 14.0. The molecule has 2 atom stereocenters. The van der Waals surface area contributed by atoms with Crippen molar-refractivity contribution in [3.8, 4) is 0 Å². The summed E-state index contributed by atoms with van der Waals surface area (Å²) in [5.41, 5.74) is 2.84. The van der Waals surface area contributed by atoms with Gasteiger partial charge in [0.1, 0.15) is 18.4 Å². The highest BCUT2D eigenvalue weighted by atomic mass is 32.2. The molecule has 3 heterocycles. The fourth-order valence-corrected chi connectivity index (χ4v) is 7.05. The third kappa shape index (κ3) is 5.08. The predicted octanol–water partition coefficient (Wildman–Crippen LogP) is 4.68. The lowest BCUT2D eigenvalue weighted by Crippen LogP contribution is -2.51. The van der Waals surface area contributed by atoms with Crippen molar-refractivity contribution in [1.29, 1.82) is 0 Å². The van der Waals surface area contributed by atoms with Crippen molar-refractivity contribution in [3.05, 3.63) is 76.0 Å². The van der Waals surface area contributed by atoms with Crippen LogP contribution in [0.25, 0.3) is 0 Å². The molecule has 3 amide bonds. The van der Waals surface area contributed by atoms with E-state index < -0.39 is 12.1 Å². The molecule has 2 saturated heterocycles. The molecule has 2 aromatic carbocycles. The van der Waals surface area contributed by atoms with Crippen LogP contribution >= 0.6 is 23.5 Å². The van der Waals surface area contributed by atoms with Crippen LogP contribution in [0.5, 0.6) is 0 Å². The highest BCUT2D eigenvalue weighted by Crippen LogP contribution is 2.46. The topological polar surface area (TPSA) is 86.8 Å². The van der Waals surface area contributed by atoms with Crippen molar-refractivity contribution in [2.45, 2.75) is 42.3 Å². The van der Waals surface area contributed by atoms with Crippen LogP contribution in [0.15, 0.2) is 59.3 Å². The van der Waals surface area contributed by atoms with Crippen LogP contribution in [-0.2, 0) is 9.59 Å². The van der Waals surface area contributed by atoms with Gasteiger partial charge >= 0.3 is 0 Å². The second-order valence-corrected chi connectivity index (χ2v) is 11.4. The number of thioether (sulfide) groups is 2. The predicted molar refractivity (Wildman–Crippen MR) is 143 cm³/mol. The van der Waals surface area contributed by atoms with E-state index in [-0.39, 0.29) is 17.7 Å². The lowest BCUT2D eigenvalue weighted by atomic mass is 10.1. The molecule has 7 nitrogen and oxygen atoms in total. The molecule has 9 heteroatoms. The normalized spacial score (nSPS) is 21.7. The lowest BCUT2D eigenvalue weighted by molar-refractivity contribution is -0.139. The third-order valence-electron chi connectivity index (χ3n) is 6.84. The summed E-state index contributed by atoms with van der Waals surface area (Å²) >= 11 is 3.52. The first kappa shape index (κ1) is 24.6. The molecule has 0 aromatic heterocycles. The number of benzene rings is 2. The fraction of sp³-hybridized carbons (Fsp3) is 0.333. The van der Waals surface area contributed by atoms with Gasteiger partial charge in [-0.2, -0.15) is 0 Å². The first-order chi connectivity index (χ1) is 17.5. The fourth-order valence-electron chi connectivity index (χ4n) is 4.98. The van der Waals surface area contributed by atoms with Gasteiger partial charge in [0.15, 0.2) is 0 Å². The van der Waals surface area contributed by atoms with Crippen molar-refractivity contribution in [1.82, 2.24) is 9.80 Å². The number of carbonyl (C=O) groups is 4. The minimum absolute atomic E-state index is 0.166. The molecule has 3 aliphatic rings. The van der Waals surface area contributed by atoms with Gasteiger partial charge in [-0.1, -0.05) is 24.3 Å². The van der Waals surface area contributed by atoms with E-state index in [1.165, 1.54) is 5.56 Å². The second kappa shape index (κ2) is 10.9. The Balaban J connectivity index is 1.24. The molecule has 36 heavy (non-hydrogen) atoms. The summed E-state index contributed by atoms with van der Waals surface area (Å²) < 4.78 is 0.345. The van der Waals surface area contributed by atoms with Crippen LogP contribution in [-0.4, -0.2) is 59.0 Å². The van der Waals surface area contributed by atoms with Gasteiger partial charge in [0.25, 0.3) is 5.91 Å². The monoisotopic (exact) mass is 521 g/mol. The standard InChI is InChI=1S/C27H27N3O4S2/c31-17-18-5-7-19(8-6-18)25(33)30-14-2-4-23(30)26(34)29-13-1-3-22(29)24(32)28-21-11-9-20(10-12-21)27-35-15-16-36-27/h5-12,15-17,22-23,27H,1-4,13-14H2,(H,28,32)/t22-,23-/m0/s1. The second-order valence-electron chi connectivity index (χ2n) is 9.07. The number of rotatable bonds is 6. The Bertz CT molecular complexity index is 1170. The maximum absolute atomic E-state index is 13.5. The molecular formula is C27H27N3O4S2. The Kier molecular flexibility index (Phi) is 7.48. The van der Waals surface area contributed by atoms with E-state index in [4.69, 9.17) is 0 Å².